The van der Waals surface area contributed by atoms with Gasteiger partial charge in [0, 0.05) is 6.54 Å². The van der Waals surface area contributed by atoms with Crippen LogP contribution >= 0.6 is 0 Å². The molecule has 3 rings (SSSR count). The smallest absolute Gasteiger partial charge is 0.336 e. The first kappa shape index (κ1) is 34.1. The van der Waals surface area contributed by atoms with Crippen LogP contribution in [0.25, 0.3) is 11.3 Å². The standard InChI is InChI=1S/C25H26N2O3.C6H8O7/c1-19(18-26(2)3)30-23-16-14-21(15-17-23)24(20-10-6-4-7-11-20)25(27(28)29)22-12-8-5-9-13-22;7-3(8)1-6(13,5(11)12)2-4(9)10/h4-17,19H,18H2,1-3H3;13H,1-2H2,(H,7,8)(H,9,10)(H,11,12)/b25-24+;. The summed E-state index contributed by atoms with van der Waals surface area (Å²) < 4.78 is 5.97. The van der Waals surface area contributed by atoms with Gasteiger partial charge in [0.2, 0.25) is 0 Å². The van der Waals surface area contributed by atoms with Crippen molar-refractivity contribution in [1.29, 1.82) is 0 Å². The molecule has 228 valence electrons. The summed E-state index contributed by atoms with van der Waals surface area (Å²) in [5.41, 5.74) is 0.0574. The molecule has 0 aromatic heterocycles. The molecule has 0 radical (unpaired) electrons. The van der Waals surface area contributed by atoms with Crippen LogP contribution in [-0.2, 0) is 14.4 Å². The van der Waals surface area contributed by atoms with Gasteiger partial charge in [-0.05, 0) is 56.4 Å². The van der Waals surface area contributed by atoms with E-state index >= 15 is 0 Å². The first-order valence-corrected chi connectivity index (χ1v) is 13.0. The second-order valence-electron chi connectivity index (χ2n) is 9.91. The lowest BCUT2D eigenvalue weighted by molar-refractivity contribution is -0.374. The molecule has 3 aromatic carbocycles. The maximum absolute atomic E-state index is 12.1. The minimum absolute atomic E-state index is 0.0358. The van der Waals surface area contributed by atoms with E-state index in [0.29, 0.717) is 11.1 Å². The summed E-state index contributed by atoms with van der Waals surface area (Å²) in [5, 5.41) is 45.9. The van der Waals surface area contributed by atoms with E-state index in [-0.39, 0.29) is 16.7 Å². The molecule has 4 N–H and O–H groups in total. The van der Waals surface area contributed by atoms with E-state index in [2.05, 4.69) is 4.90 Å². The number of aliphatic carboxylic acids is 3. The summed E-state index contributed by atoms with van der Waals surface area (Å²) in [7, 11) is 4.01. The maximum atomic E-state index is 12.1. The van der Waals surface area contributed by atoms with Crippen LogP contribution in [0.3, 0.4) is 0 Å². The highest BCUT2D eigenvalue weighted by atomic mass is 16.6. The summed E-state index contributed by atoms with van der Waals surface area (Å²) in [6.07, 6.45) is -2.25. The normalized spacial score (nSPS) is 12.3. The Bertz CT molecular complexity index is 1410. The zero-order chi connectivity index (χ0) is 32.2. The van der Waals surface area contributed by atoms with Crippen molar-refractivity contribution in [3.8, 4) is 5.75 Å². The van der Waals surface area contributed by atoms with Crippen molar-refractivity contribution in [2.75, 3.05) is 20.6 Å². The predicted molar refractivity (Wildman–Crippen MR) is 158 cm³/mol. The number of rotatable bonds is 13. The Hall–Kier alpha value is -5.07. The van der Waals surface area contributed by atoms with Crippen LogP contribution in [0.2, 0.25) is 0 Å². The second-order valence-corrected chi connectivity index (χ2v) is 9.91. The fourth-order valence-corrected chi connectivity index (χ4v) is 4.18. The number of benzene rings is 3. The van der Waals surface area contributed by atoms with Gasteiger partial charge in [0.25, 0.3) is 5.70 Å². The van der Waals surface area contributed by atoms with Gasteiger partial charge in [-0.15, -0.1) is 0 Å². The van der Waals surface area contributed by atoms with Crippen molar-refractivity contribution in [3.63, 3.8) is 0 Å². The number of nitrogens with zero attached hydrogens (tertiary/aromatic N) is 2. The molecule has 0 heterocycles. The highest BCUT2D eigenvalue weighted by Gasteiger charge is 2.40. The Morgan fingerprint density at radius 2 is 1.26 bits per heavy atom. The highest BCUT2D eigenvalue weighted by molar-refractivity contribution is 5.95. The molecule has 12 nitrogen and oxygen atoms in total. The molecule has 1 atom stereocenters. The predicted octanol–water partition coefficient (Wildman–Crippen LogP) is 3.96. The lowest BCUT2D eigenvalue weighted by Crippen LogP contribution is -2.42. The van der Waals surface area contributed by atoms with Crippen molar-refractivity contribution in [3.05, 3.63) is 112 Å². The first-order valence-electron chi connectivity index (χ1n) is 13.0. The second kappa shape index (κ2) is 15.8. The van der Waals surface area contributed by atoms with Crippen LogP contribution in [-0.4, -0.2) is 80.5 Å². The quantitative estimate of drug-likeness (QED) is 0.127. The SMILES string of the molecule is CC(CN(C)C)Oc1ccc(/C(=C(\c2ccccc2)[N+](=O)[O-])c2ccccc2)cc1.O=C(O)CC(O)(CC(=O)O)C(=O)O. The molecule has 3 aromatic rings. The number of aliphatic hydroxyl groups is 1. The van der Waals surface area contributed by atoms with Crippen LogP contribution in [0.1, 0.15) is 36.5 Å². The number of likely N-dealkylation sites (N-methyl/N-ethyl adjacent to an activating group) is 1. The minimum Gasteiger partial charge on any atom is -0.489 e. The molecule has 0 saturated carbocycles. The topological polar surface area (TPSA) is 188 Å². The highest BCUT2D eigenvalue weighted by Crippen LogP contribution is 2.33. The van der Waals surface area contributed by atoms with E-state index < -0.39 is 36.4 Å². The molecular formula is C31H34N2O10. The Balaban J connectivity index is 0.000000420. The van der Waals surface area contributed by atoms with Crippen LogP contribution in [0.5, 0.6) is 5.75 Å². The number of nitro groups is 1. The molecule has 43 heavy (non-hydrogen) atoms. The zero-order valence-corrected chi connectivity index (χ0v) is 23.9. The van der Waals surface area contributed by atoms with Gasteiger partial charge in [-0.3, -0.25) is 19.7 Å². The number of hydrogen-bond donors (Lipinski definition) is 4. The van der Waals surface area contributed by atoms with Gasteiger partial charge >= 0.3 is 17.9 Å². The van der Waals surface area contributed by atoms with Crippen molar-refractivity contribution < 1.29 is 44.5 Å². The van der Waals surface area contributed by atoms with Crippen LogP contribution in [0.15, 0.2) is 84.9 Å². The Labute approximate surface area is 248 Å². The van der Waals surface area contributed by atoms with Gasteiger partial charge in [0.1, 0.15) is 11.9 Å². The maximum Gasteiger partial charge on any atom is 0.336 e. The molecule has 0 aliphatic carbocycles. The summed E-state index contributed by atoms with van der Waals surface area (Å²) in [4.78, 5) is 44.4. The van der Waals surface area contributed by atoms with Crippen molar-refractivity contribution in [1.82, 2.24) is 4.90 Å². The van der Waals surface area contributed by atoms with Crippen molar-refractivity contribution >= 4 is 29.2 Å². The third-order valence-electron chi connectivity index (χ3n) is 5.92. The van der Waals surface area contributed by atoms with Gasteiger partial charge < -0.3 is 30.1 Å². The van der Waals surface area contributed by atoms with E-state index in [0.717, 1.165) is 23.4 Å². The van der Waals surface area contributed by atoms with Gasteiger partial charge in [-0.1, -0.05) is 60.7 Å². The van der Waals surface area contributed by atoms with E-state index in [1.165, 1.54) is 0 Å². The number of hydrogen-bond acceptors (Lipinski definition) is 8. The molecular weight excluding hydrogens is 560 g/mol. The molecule has 0 bridgehead atoms. The number of carbonyl (C=O) groups is 3. The first-order chi connectivity index (χ1) is 20.2. The summed E-state index contributed by atoms with van der Waals surface area (Å²) in [5.74, 6) is -4.28. The largest absolute Gasteiger partial charge is 0.489 e. The third-order valence-corrected chi connectivity index (χ3v) is 5.92. The minimum atomic E-state index is -2.74. The lowest BCUT2D eigenvalue weighted by atomic mass is 9.93. The lowest BCUT2D eigenvalue weighted by Gasteiger charge is -2.19. The van der Waals surface area contributed by atoms with Crippen molar-refractivity contribution in [2.45, 2.75) is 31.5 Å². The van der Waals surface area contributed by atoms with Crippen molar-refractivity contribution in [2.24, 2.45) is 0 Å². The fraction of sp³-hybridized carbons (Fsp3) is 0.258. The van der Waals surface area contributed by atoms with Gasteiger partial charge in [0.15, 0.2) is 5.60 Å². The average molecular weight is 595 g/mol. The molecule has 0 aliphatic heterocycles. The number of carboxylic acids is 3. The average Bonchev–Trinajstić information content (AvgIpc) is 2.92. The summed E-state index contributed by atoms with van der Waals surface area (Å²) in [6.45, 7) is 2.82. The molecule has 0 fully saturated rings. The number of carboxylic acid groups (broad SMARTS) is 3. The molecule has 0 spiro atoms. The van der Waals surface area contributed by atoms with E-state index in [1.807, 2.05) is 93.8 Å². The van der Waals surface area contributed by atoms with E-state index in [9.17, 15) is 24.5 Å². The van der Waals surface area contributed by atoms with Gasteiger partial charge in [-0.2, -0.15) is 0 Å². The van der Waals surface area contributed by atoms with E-state index in [4.69, 9.17) is 25.2 Å². The van der Waals surface area contributed by atoms with Crippen LogP contribution in [0.4, 0.5) is 0 Å². The molecule has 0 aliphatic rings. The Kier molecular flexibility index (Phi) is 12.5. The summed E-state index contributed by atoms with van der Waals surface area (Å²) >= 11 is 0. The Morgan fingerprint density at radius 3 is 1.65 bits per heavy atom. The van der Waals surface area contributed by atoms with Gasteiger partial charge in [-0.25, -0.2) is 4.79 Å². The van der Waals surface area contributed by atoms with Crippen LogP contribution in [0, 0.1) is 10.1 Å². The molecule has 0 saturated heterocycles. The third kappa shape index (κ3) is 10.7. The molecule has 1 unspecified atom stereocenters. The molecule has 12 heteroatoms. The Morgan fingerprint density at radius 1 is 0.814 bits per heavy atom. The van der Waals surface area contributed by atoms with Crippen LogP contribution < -0.4 is 4.74 Å². The molecule has 0 amide bonds. The summed E-state index contributed by atoms with van der Waals surface area (Å²) in [6, 6.07) is 26.0. The fourth-order valence-electron chi connectivity index (χ4n) is 4.18. The zero-order valence-electron chi connectivity index (χ0n) is 23.9. The van der Waals surface area contributed by atoms with E-state index in [1.54, 1.807) is 12.1 Å². The monoisotopic (exact) mass is 594 g/mol. The van der Waals surface area contributed by atoms with Gasteiger partial charge in [0.05, 0.1) is 28.9 Å². The number of ether oxygens (including phenoxy) is 1.